The summed E-state index contributed by atoms with van der Waals surface area (Å²) in [6, 6.07) is 3.95. The molecule has 146 valence electrons. The maximum atomic E-state index is 13.0. The lowest BCUT2D eigenvalue weighted by Crippen LogP contribution is -2.44. The molecule has 1 N–H and O–H groups in total. The number of nitrogens with zero attached hydrogens (tertiary/aromatic N) is 4. The van der Waals surface area contributed by atoms with E-state index in [1.54, 1.807) is 23.5 Å². The molecule has 0 aromatic carbocycles. The molecule has 1 saturated carbocycles. The fraction of sp³-hybridized carbons (Fsp3) is 0.476. The third-order valence-corrected chi connectivity index (χ3v) is 5.47. The third-order valence-electron chi connectivity index (χ3n) is 5.47. The van der Waals surface area contributed by atoms with Crippen LogP contribution in [0.4, 0.5) is 0 Å². The van der Waals surface area contributed by atoms with Gasteiger partial charge in [-0.3, -0.25) is 14.6 Å². The van der Waals surface area contributed by atoms with Crippen LogP contribution in [0.1, 0.15) is 54.6 Å². The van der Waals surface area contributed by atoms with Crippen LogP contribution in [0.25, 0.3) is 11.4 Å². The summed E-state index contributed by atoms with van der Waals surface area (Å²) in [5.41, 5.74) is 2.13. The summed E-state index contributed by atoms with van der Waals surface area (Å²) in [4.78, 5) is 40.0. The predicted molar refractivity (Wildman–Crippen MR) is 105 cm³/mol. The summed E-state index contributed by atoms with van der Waals surface area (Å²) < 4.78 is 0. The van der Waals surface area contributed by atoms with Crippen LogP contribution in [0, 0.1) is 0 Å². The highest BCUT2D eigenvalue weighted by Gasteiger charge is 2.26. The van der Waals surface area contributed by atoms with Crippen LogP contribution in [0.2, 0.25) is 0 Å². The Bertz CT molecular complexity index is 849. The minimum Gasteiger partial charge on any atom is -0.352 e. The normalized spacial score (nSPS) is 17.7. The zero-order valence-electron chi connectivity index (χ0n) is 15.9. The topological polar surface area (TPSA) is 88.1 Å². The van der Waals surface area contributed by atoms with Crippen molar-refractivity contribution in [2.24, 2.45) is 0 Å². The van der Waals surface area contributed by atoms with Crippen LogP contribution in [-0.2, 0) is 11.2 Å². The number of carbonyl (C=O) groups excluding carboxylic acids is 2. The molecule has 1 aliphatic heterocycles. The molecule has 7 nitrogen and oxygen atoms in total. The molecule has 4 rings (SSSR count). The number of hydrogen-bond acceptors (Lipinski definition) is 5. The number of nitrogens with one attached hydrogen (secondary N) is 1. The van der Waals surface area contributed by atoms with Crippen molar-refractivity contribution in [2.75, 3.05) is 13.1 Å². The lowest BCUT2D eigenvalue weighted by Gasteiger charge is -2.25. The molecule has 0 atom stereocenters. The smallest absolute Gasteiger partial charge is 0.257 e. The Morgan fingerprint density at radius 3 is 2.71 bits per heavy atom. The van der Waals surface area contributed by atoms with E-state index in [9.17, 15) is 9.59 Å². The maximum Gasteiger partial charge on any atom is 0.257 e. The van der Waals surface area contributed by atoms with Gasteiger partial charge in [0.05, 0.1) is 17.8 Å². The van der Waals surface area contributed by atoms with Crippen molar-refractivity contribution in [2.45, 2.75) is 51.0 Å². The first-order chi connectivity index (χ1) is 13.7. The largest absolute Gasteiger partial charge is 0.352 e. The van der Waals surface area contributed by atoms with Gasteiger partial charge in [-0.25, -0.2) is 9.97 Å². The van der Waals surface area contributed by atoms with Gasteiger partial charge in [-0.2, -0.15) is 0 Å². The Morgan fingerprint density at radius 1 is 1.14 bits per heavy atom. The summed E-state index contributed by atoms with van der Waals surface area (Å²) in [6.07, 6.45) is 12.1. The fourth-order valence-corrected chi connectivity index (χ4v) is 3.98. The molecule has 7 heteroatoms. The predicted octanol–water partition coefficient (Wildman–Crippen LogP) is 2.38. The Hall–Kier alpha value is -2.83. The SMILES string of the molecule is O=C(CN1CCCc2nc(-c3ccncc3)ncc2C1=O)NC1CCCCC1. The number of hydrogen-bond donors (Lipinski definition) is 1. The van der Waals surface area contributed by atoms with Crippen molar-refractivity contribution in [1.29, 1.82) is 0 Å². The van der Waals surface area contributed by atoms with Crippen molar-refractivity contribution in [3.63, 3.8) is 0 Å². The molecule has 0 spiro atoms. The van der Waals surface area contributed by atoms with E-state index in [-0.39, 0.29) is 24.4 Å². The number of carbonyl (C=O) groups is 2. The zero-order valence-corrected chi connectivity index (χ0v) is 15.9. The molecule has 3 heterocycles. The summed E-state index contributed by atoms with van der Waals surface area (Å²) in [6.45, 7) is 0.652. The molecule has 0 unspecified atom stereocenters. The first kappa shape index (κ1) is 18.5. The molecule has 2 aromatic rings. The van der Waals surface area contributed by atoms with E-state index in [2.05, 4.69) is 20.3 Å². The van der Waals surface area contributed by atoms with E-state index < -0.39 is 0 Å². The highest BCUT2D eigenvalue weighted by molar-refractivity contribution is 5.97. The zero-order chi connectivity index (χ0) is 19.3. The van der Waals surface area contributed by atoms with Crippen molar-refractivity contribution in [3.8, 4) is 11.4 Å². The second kappa shape index (κ2) is 8.46. The Morgan fingerprint density at radius 2 is 1.93 bits per heavy atom. The van der Waals surface area contributed by atoms with Gasteiger partial charge < -0.3 is 10.2 Å². The Labute approximate surface area is 164 Å². The van der Waals surface area contributed by atoms with E-state index >= 15 is 0 Å². The number of pyridine rings is 1. The second-order valence-corrected chi connectivity index (χ2v) is 7.52. The molecule has 28 heavy (non-hydrogen) atoms. The lowest BCUT2D eigenvalue weighted by molar-refractivity contribution is -0.122. The van der Waals surface area contributed by atoms with Gasteiger partial charge >= 0.3 is 0 Å². The Kier molecular flexibility index (Phi) is 5.60. The number of amides is 2. The van der Waals surface area contributed by atoms with Crippen molar-refractivity contribution >= 4 is 11.8 Å². The average molecular weight is 379 g/mol. The van der Waals surface area contributed by atoms with E-state index in [1.165, 1.54) is 6.42 Å². The number of aromatic nitrogens is 3. The van der Waals surface area contributed by atoms with Gasteiger partial charge in [0.2, 0.25) is 5.91 Å². The molecule has 0 bridgehead atoms. The standard InChI is InChI=1S/C21H25N5O2/c27-19(24-16-5-2-1-3-6-16)14-26-12-4-7-18-17(21(26)28)13-23-20(25-18)15-8-10-22-11-9-15/h8-11,13,16H,1-7,12,14H2,(H,24,27). The van der Waals surface area contributed by atoms with Gasteiger partial charge in [0.25, 0.3) is 5.91 Å². The van der Waals surface area contributed by atoms with E-state index in [1.807, 2.05) is 12.1 Å². The van der Waals surface area contributed by atoms with Crippen LogP contribution in [0.5, 0.6) is 0 Å². The van der Waals surface area contributed by atoms with Crippen LogP contribution in [-0.4, -0.2) is 50.8 Å². The van der Waals surface area contributed by atoms with Gasteiger partial charge in [-0.1, -0.05) is 19.3 Å². The van der Waals surface area contributed by atoms with E-state index in [0.29, 0.717) is 24.4 Å². The molecular formula is C21H25N5O2. The van der Waals surface area contributed by atoms with Crippen LogP contribution < -0.4 is 5.32 Å². The highest BCUT2D eigenvalue weighted by atomic mass is 16.2. The molecule has 0 saturated heterocycles. The number of aryl methyl sites for hydroxylation is 1. The second-order valence-electron chi connectivity index (χ2n) is 7.52. The van der Waals surface area contributed by atoms with Crippen molar-refractivity contribution in [1.82, 2.24) is 25.2 Å². The molecule has 1 fully saturated rings. The van der Waals surface area contributed by atoms with E-state index in [0.717, 1.165) is 43.4 Å². The molecular weight excluding hydrogens is 354 g/mol. The third kappa shape index (κ3) is 4.18. The monoisotopic (exact) mass is 379 g/mol. The van der Waals surface area contributed by atoms with Gasteiger partial charge in [0, 0.05) is 36.7 Å². The van der Waals surface area contributed by atoms with Gasteiger partial charge in [-0.05, 0) is 37.8 Å². The Balaban J connectivity index is 1.46. The highest BCUT2D eigenvalue weighted by Crippen LogP contribution is 2.21. The van der Waals surface area contributed by atoms with Crippen LogP contribution in [0.15, 0.2) is 30.7 Å². The van der Waals surface area contributed by atoms with Crippen LogP contribution in [0.3, 0.4) is 0 Å². The lowest BCUT2D eigenvalue weighted by atomic mass is 9.95. The summed E-state index contributed by atoms with van der Waals surface area (Å²) in [5.74, 6) is 0.364. The summed E-state index contributed by atoms with van der Waals surface area (Å²) in [5, 5.41) is 3.09. The molecule has 0 radical (unpaired) electrons. The van der Waals surface area contributed by atoms with Crippen molar-refractivity contribution in [3.05, 3.63) is 42.0 Å². The van der Waals surface area contributed by atoms with Gasteiger partial charge in [0.15, 0.2) is 5.82 Å². The summed E-state index contributed by atoms with van der Waals surface area (Å²) >= 11 is 0. The first-order valence-corrected chi connectivity index (χ1v) is 10.1. The number of rotatable bonds is 4. The summed E-state index contributed by atoms with van der Waals surface area (Å²) in [7, 11) is 0. The molecule has 1 aliphatic carbocycles. The van der Waals surface area contributed by atoms with Crippen LogP contribution >= 0.6 is 0 Å². The van der Waals surface area contributed by atoms with Gasteiger partial charge in [0.1, 0.15) is 0 Å². The average Bonchev–Trinajstić information content (AvgIpc) is 2.88. The molecule has 2 aliphatic rings. The maximum absolute atomic E-state index is 13.0. The molecule has 2 amide bonds. The quantitative estimate of drug-likeness (QED) is 0.881. The van der Waals surface area contributed by atoms with E-state index in [4.69, 9.17) is 0 Å². The molecule has 2 aromatic heterocycles. The fourth-order valence-electron chi connectivity index (χ4n) is 3.98. The number of fused-ring (bicyclic) bond motifs is 1. The first-order valence-electron chi connectivity index (χ1n) is 10.1. The minimum atomic E-state index is -0.160. The minimum absolute atomic E-state index is 0.0713. The van der Waals surface area contributed by atoms with Crippen molar-refractivity contribution < 1.29 is 9.59 Å². The van der Waals surface area contributed by atoms with Gasteiger partial charge in [-0.15, -0.1) is 0 Å².